The summed E-state index contributed by atoms with van der Waals surface area (Å²) in [4.78, 5) is 3.79. The second kappa shape index (κ2) is 6.83. The summed E-state index contributed by atoms with van der Waals surface area (Å²) in [6, 6.07) is 4.09. The molecular formula is C10H15BrClNS. The van der Waals surface area contributed by atoms with Crippen molar-refractivity contribution in [2.24, 2.45) is 0 Å². The lowest BCUT2D eigenvalue weighted by molar-refractivity contribution is 0.284. The third-order valence-electron chi connectivity index (χ3n) is 2.06. The highest BCUT2D eigenvalue weighted by molar-refractivity contribution is 9.09. The van der Waals surface area contributed by atoms with Crippen molar-refractivity contribution in [2.75, 3.05) is 18.4 Å². The van der Waals surface area contributed by atoms with Crippen LogP contribution in [0.25, 0.3) is 0 Å². The Morgan fingerprint density at radius 2 is 2.29 bits per heavy atom. The Bertz CT molecular complexity index is 264. The highest BCUT2D eigenvalue weighted by atomic mass is 79.9. The summed E-state index contributed by atoms with van der Waals surface area (Å²) in [6.07, 6.45) is 1.20. The number of hydrogen-bond acceptors (Lipinski definition) is 2. The van der Waals surface area contributed by atoms with Crippen LogP contribution < -0.4 is 0 Å². The molecule has 0 radical (unpaired) electrons. The maximum absolute atomic E-state index is 5.88. The number of hydrogen-bond donors (Lipinski definition) is 0. The fourth-order valence-corrected chi connectivity index (χ4v) is 2.67. The molecule has 0 saturated heterocycles. The van der Waals surface area contributed by atoms with Crippen molar-refractivity contribution in [2.45, 2.75) is 19.9 Å². The molecule has 1 rings (SSSR count). The van der Waals surface area contributed by atoms with E-state index in [0.29, 0.717) is 0 Å². The van der Waals surface area contributed by atoms with Crippen LogP contribution in [-0.4, -0.2) is 23.3 Å². The van der Waals surface area contributed by atoms with Gasteiger partial charge < -0.3 is 0 Å². The first-order valence-electron chi connectivity index (χ1n) is 4.78. The highest BCUT2D eigenvalue weighted by Gasteiger charge is 2.04. The molecule has 1 aromatic heterocycles. The van der Waals surface area contributed by atoms with Crippen LogP contribution in [0.1, 0.15) is 18.2 Å². The van der Waals surface area contributed by atoms with E-state index >= 15 is 0 Å². The molecule has 0 bridgehead atoms. The Morgan fingerprint density at radius 1 is 1.50 bits per heavy atom. The molecule has 4 heteroatoms. The normalized spacial score (nSPS) is 11.1. The second-order valence-corrected chi connectivity index (χ2v) is 5.71. The van der Waals surface area contributed by atoms with Gasteiger partial charge in [0.25, 0.3) is 0 Å². The van der Waals surface area contributed by atoms with Crippen LogP contribution in [0.2, 0.25) is 4.34 Å². The van der Waals surface area contributed by atoms with E-state index in [1.165, 1.54) is 11.3 Å². The highest BCUT2D eigenvalue weighted by Crippen LogP contribution is 2.22. The molecule has 14 heavy (non-hydrogen) atoms. The third kappa shape index (κ3) is 4.30. The summed E-state index contributed by atoms with van der Waals surface area (Å²) >= 11 is 11.0. The van der Waals surface area contributed by atoms with Gasteiger partial charge >= 0.3 is 0 Å². The van der Waals surface area contributed by atoms with Crippen molar-refractivity contribution < 1.29 is 0 Å². The summed E-state index contributed by atoms with van der Waals surface area (Å²) in [6.45, 7) is 5.48. The van der Waals surface area contributed by atoms with Gasteiger partial charge in [0.1, 0.15) is 0 Å². The number of halogens is 2. The molecule has 0 N–H and O–H groups in total. The van der Waals surface area contributed by atoms with Gasteiger partial charge in [-0.05, 0) is 31.6 Å². The molecule has 0 atom stereocenters. The minimum absolute atomic E-state index is 0.886. The van der Waals surface area contributed by atoms with Gasteiger partial charge in [0.05, 0.1) is 4.34 Å². The lowest BCUT2D eigenvalue weighted by Crippen LogP contribution is -2.23. The molecule has 0 fully saturated rings. The molecule has 0 spiro atoms. The summed E-state index contributed by atoms with van der Waals surface area (Å²) in [5.74, 6) is 0. The molecule has 0 aliphatic heterocycles. The third-order valence-corrected chi connectivity index (χ3v) is 3.84. The fraction of sp³-hybridized carbons (Fsp3) is 0.600. The Balaban J connectivity index is 2.40. The maximum atomic E-state index is 5.88. The van der Waals surface area contributed by atoms with Crippen LogP contribution in [0.3, 0.4) is 0 Å². The number of rotatable bonds is 6. The zero-order valence-corrected chi connectivity index (χ0v) is 11.5. The first kappa shape index (κ1) is 12.5. The van der Waals surface area contributed by atoms with Crippen molar-refractivity contribution in [1.29, 1.82) is 0 Å². The van der Waals surface area contributed by atoms with Crippen molar-refractivity contribution in [3.8, 4) is 0 Å². The second-order valence-electron chi connectivity index (χ2n) is 3.12. The van der Waals surface area contributed by atoms with Gasteiger partial charge in [-0.3, -0.25) is 4.90 Å². The van der Waals surface area contributed by atoms with Crippen LogP contribution in [0.5, 0.6) is 0 Å². The summed E-state index contributed by atoms with van der Waals surface area (Å²) < 4.78 is 0.886. The average molecular weight is 297 g/mol. The van der Waals surface area contributed by atoms with E-state index < -0.39 is 0 Å². The Kier molecular flexibility index (Phi) is 6.10. The van der Waals surface area contributed by atoms with E-state index in [9.17, 15) is 0 Å². The molecule has 1 aromatic rings. The first-order valence-corrected chi connectivity index (χ1v) is 7.10. The van der Waals surface area contributed by atoms with Gasteiger partial charge in [0.2, 0.25) is 0 Å². The van der Waals surface area contributed by atoms with Crippen LogP contribution in [0.4, 0.5) is 0 Å². The molecule has 1 heterocycles. The predicted molar refractivity (Wildman–Crippen MR) is 68.7 cm³/mol. The molecule has 0 unspecified atom stereocenters. The van der Waals surface area contributed by atoms with Gasteiger partial charge in [-0.1, -0.05) is 34.5 Å². The minimum atomic E-state index is 0.886. The Hall–Kier alpha value is 0.430. The van der Waals surface area contributed by atoms with E-state index in [4.69, 9.17) is 11.6 Å². The SMILES string of the molecule is CCN(CCCBr)Cc1ccc(Cl)s1. The maximum Gasteiger partial charge on any atom is 0.0931 e. The monoisotopic (exact) mass is 295 g/mol. The number of nitrogens with zero attached hydrogens (tertiary/aromatic N) is 1. The average Bonchev–Trinajstić information content (AvgIpc) is 2.58. The van der Waals surface area contributed by atoms with Crippen LogP contribution in [-0.2, 0) is 6.54 Å². The molecular weight excluding hydrogens is 282 g/mol. The van der Waals surface area contributed by atoms with Gasteiger partial charge in [-0.25, -0.2) is 0 Å². The summed E-state index contributed by atoms with van der Waals surface area (Å²) in [7, 11) is 0. The number of thiophene rings is 1. The van der Waals surface area contributed by atoms with E-state index in [2.05, 4.69) is 33.8 Å². The first-order chi connectivity index (χ1) is 6.76. The molecule has 1 nitrogen and oxygen atoms in total. The number of alkyl halides is 1. The molecule has 80 valence electrons. The summed E-state index contributed by atoms with van der Waals surface area (Å²) in [5.41, 5.74) is 0. The predicted octanol–water partition coefficient (Wildman–Crippen LogP) is 4.01. The van der Waals surface area contributed by atoms with E-state index in [-0.39, 0.29) is 0 Å². The molecule has 0 amide bonds. The lowest BCUT2D eigenvalue weighted by Gasteiger charge is -2.18. The van der Waals surface area contributed by atoms with Crippen molar-refractivity contribution >= 4 is 38.9 Å². The Morgan fingerprint density at radius 3 is 2.79 bits per heavy atom. The van der Waals surface area contributed by atoms with Gasteiger partial charge in [0.15, 0.2) is 0 Å². The molecule has 0 aliphatic rings. The van der Waals surface area contributed by atoms with Crippen molar-refractivity contribution in [1.82, 2.24) is 4.90 Å². The lowest BCUT2D eigenvalue weighted by atomic mass is 10.3. The summed E-state index contributed by atoms with van der Waals surface area (Å²) in [5, 5.41) is 1.08. The van der Waals surface area contributed by atoms with Gasteiger partial charge in [-0.2, -0.15) is 0 Å². The van der Waals surface area contributed by atoms with Crippen molar-refractivity contribution in [3.05, 3.63) is 21.3 Å². The van der Waals surface area contributed by atoms with E-state index in [1.54, 1.807) is 11.3 Å². The minimum Gasteiger partial charge on any atom is -0.299 e. The van der Waals surface area contributed by atoms with Gasteiger partial charge in [-0.15, -0.1) is 11.3 Å². The van der Waals surface area contributed by atoms with Crippen LogP contribution in [0.15, 0.2) is 12.1 Å². The van der Waals surface area contributed by atoms with Crippen LogP contribution >= 0.6 is 38.9 Å². The smallest absolute Gasteiger partial charge is 0.0931 e. The van der Waals surface area contributed by atoms with Gasteiger partial charge in [0, 0.05) is 16.8 Å². The Labute approximate surface area is 103 Å². The molecule has 0 aliphatic carbocycles. The zero-order valence-electron chi connectivity index (χ0n) is 8.30. The standard InChI is InChI=1S/C10H15BrClNS/c1-2-13(7-3-6-11)8-9-4-5-10(12)14-9/h4-5H,2-3,6-8H2,1H3. The zero-order chi connectivity index (χ0) is 10.4. The van der Waals surface area contributed by atoms with Crippen molar-refractivity contribution in [3.63, 3.8) is 0 Å². The van der Waals surface area contributed by atoms with Crippen LogP contribution in [0, 0.1) is 0 Å². The topological polar surface area (TPSA) is 3.24 Å². The largest absolute Gasteiger partial charge is 0.299 e. The van der Waals surface area contributed by atoms with E-state index in [1.807, 2.05) is 6.07 Å². The molecule has 0 aromatic carbocycles. The quantitative estimate of drug-likeness (QED) is 0.717. The van der Waals surface area contributed by atoms with E-state index in [0.717, 1.165) is 29.3 Å². The molecule has 0 saturated carbocycles. The fourth-order valence-electron chi connectivity index (χ4n) is 1.29.